The summed E-state index contributed by atoms with van der Waals surface area (Å²) in [7, 11) is 0. The highest BCUT2D eigenvalue weighted by Gasteiger charge is 2.33. The number of ether oxygens (including phenoxy) is 1. The van der Waals surface area contributed by atoms with Gasteiger partial charge in [-0.25, -0.2) is 4.79 Å². The molecule has 34 heavy (non-hydrogen) atoms. The third-order valence-electron chi connectivity index (χ3n) is 6.11. The van der Waals surface area contributed by atoms with Gasteiger partial charge in [-0.1, -0.05) is 17.7 Å². The van der Waals surface area contributed by atoms with Crippen molar-refractivity contribution in [2.24, 2.45) is 0 Å². The van der Waals surface area contributed by atoms with E-state index in [1.807, 2.05) is 32.9 Å². The van der Waals surface area contributed by atoms with E-state index in [-0.39, 0.29) is 24.8 Å². The Balaban J connectivity index is 2.03. The normalized spacial score (nSPS) is 11.8. The molecule has 0 aliphatic carbocycles. The van der Waals surface area contributed by atoms with Gasteiger partial charge in [0, 0.05) is 23.4 Å². The molecule has 0 bridgehead atoms. The van der Waals surface area contributed by atoms with Gasteiger partial charge in [-0.3, -0.25) is 9.59 Å². The number of hydrogen-bond acceptors (Lipinski definition) is 5. The maximum absolute atomic E-state index is 13.8. The number of Topliss-reactive ketones (excluding diaryl/α,β-unsaturated/α-hetero) is 1. The van der Waals surface area contributed by atoms with Crippen LogP contribution in [0.25, 0.3) is 0 Å². The third-order valence-corrected chi connectivity index (χ3v) is 6.11. The standard InChI is InChI=1S/C27H32N2O5/c1-7-28-19(5)23(18(4)24(28)27(32)33-8-2)25(30)20(6)29(16-22-10-9-15-34-22)26(31)21-13-11-17(3)12-14-21/h9-15,20H,7-8,16H2,1-6H3/t20-/m1/s1. The van der Waals surface area contributed by atoms with Crippen LogP contribution in [0.4, 0.5) is 0 Å². The molecule has 0 aliphatic heterocycles. The molecule has 0 fully saturated rings. The topological polar surface area (TPSA) is 81.8 Å². The number of rotatable bonds is 9. The van der Waals surface area contributed by atoms with Crippen LogP contribution in [0.15, 0.2) is 47.1 Å². The number of aromatic nitrogens is 1. The van der Waals surface area contributed by atoms with E-state index in [2.05, 4.69) is 0 Å². The molecule has 7 nitrogen and oxygen atoms in total. The fourth-order valence-corrected chi connectivity index (χ4v) is 4.28. The predicted molar refractivity (Wildman–Crippen MR) is 129 cm³/mol. The zero-order chi connectivity index (χ0) is 25.0. The van der Waals surface area contributed by atoms with E-state index in [4.69, 9.17) is 9.15 Å². The van der Waals surface area contributed by atoms with Crippen molar-refractivity contribution in [2.75, 3.05) is 6.61 Å². The van der Waals surface area contributed by atoms with Gasteiger partial charge in [0.25, 0.3) is 5.91 Å². The predicted octanol–water partition coefficient (Wildman–Crippen LogP) is 5.12. The van der Waals surface area contributed by atoms with Crippen LogP contribution in [0.5, 0.6) is 0 Å². The average molecular weight is 465 g/mol. The van der Waals surface area contributed by atoms with Gasteiger partial charge in [-0.15, -0.1) is 0 Å². The molecule has 0 N–H and O–H groups in total. The van der Waals surface area contributed by atoms with Crippen molar-refractivity contribution >= 4 is 17.7 Å². The molecule has 1 atom stereocenters. The Kier molecular flexibility index (Phi) is 7.76. The van der Waals surface area contributed by atoms with Crippen LogP contribution < -0.4 is 0 Å². The van der Waals surface area contributed by atoms with Gasteiger partial charge in [0.15, 0.2) is 5.78 Å². The molecule has 2 heterocycles. The first-order valence-electron chi connectivity index (χ1n) is 11.5. The number of furan rings is 1. The fraction of sp³-hybridized carbons (Fsp3) is 0.370. The van der Waals surface area contributed by atoms with Crippen LogP contribution in [0.3, 0.4) is 0 Å². The second-order valence-electron chi connectivity index (χ2n) is 8.32. The molecule has 0 aliphatic rings. The molecule has 3 rings (SSSR count). The van der Waals surface area contributed by atoms with Gasteiger partial charge in [0.05, 0.1) is 25.5 Å². The lowest BCUT2D eigenvalue weighted by molar-refractivity contribution is 0.0512. The summed E-state index contributed by atoms with van der Waals surface area (Å²) in [5, 5.41) is 0. The number of benzene rings is 1. The summed E-state index contributed by atoms with van der Waals surface area (Å²) in [4.78, 5) is 41.5. The fourth-order valence-electron chi connectivity index (χ4n) is 4.28. The lowest BCUT2D eigenvalue weighted by atomic mass is 9.99. The van der Waals surface area contributed by atoms with Crippen molar-refractivity contribution in [3.63, 3.8) is 0 Å². The average Bonchev–Trinajstić information content (AvgIpc) is 3.42. The molecule has 1 aromatic carbocycles. The maximum Gasteiger partial charge on any atom is 0.355 e. The molecule has 0 saturated heterocycles. The molecule has 7 heteroatoms. The van der Waals surface area contributed by atoms with Crippen LogP contribution in [0.2, 0.25) is 0 Å². The number of ketones is 1. The van der Waals surface area contributed by atoms with Gasteiger partial charge in [-0.05, 0) is 71.4 Å². The first-order chi connectivity index (χ1) is 16.2. The molecule has 0 saturated carbocycles. The minimum Gasteiger partial charge on any atom is -0.467 e. The number of hydrogen-bond donors (Lipinski definition) is 0. The van der Waals surface area contributed by atoms with Crippen molar-refractivity contribution in [3.05, 3.63) is 82.1 Å². The number of amides is 1. The second kappa shape index (κ2) is 10.5. The van der Waals surface area contributed by atoms with Gasteiger partial charge in [-0.2, -0.15) is 0 Å². The van der Waals surface area contributed by atoms with Crippen molar-refractivity contribution in [2.45, 2.75) is 60.7 Å². The Bertz CT molecular complexity index is 1170. The SMILES string of the molecule is CCOC(=O)c1c(C)c(C(=O)[C@@H](C)N(Cc2ccco2)C(=O)c2ccc(C)cc2)c(C)n1CC. The largest absolute Gasteiger partial charge is 0.467 e. The first-order valence-corrected chi connectivity index (χ1v) is 11.5. The van der Waals surface area contributed by atoms with Gasteiger partial charge in [0.1, 0.15) is 11.5 Å². The number of aryl methyl sites for hydroxylation is 1. The minimum absolute atomic E-state index is 0.143. The highest BCUT2D eigenvalue weighted by molar-refractivity contribution is 6.07. The lowest BCUT2D eigenvalue weighted by Gasteiger charge is -2.28. The molecule has 3 aromatic rings. The summed E-state index contributed by atoms with van der Waals surface area (Å²) in [5.74, 6) is -0.389. The second-order valence-corrected chi connectivity index (χ2v) is 8.32. The Morgan fingerprint density at radius 1 is 1.06 bits per heavy atom. The summed E-state index contributed by atoms with van der Waals surface area (Å²) in [6.45, 7) is 11.8. The Morgan fingerprint density at radius 3 is 2.29 bits per heavy atom. The van der Waals surface area contributed by atoms with E-state index in [0.29, 0.717) is 40.4 Å². The summed E-state index contributed by atoms with van der Waals surface area (Å²) in [6.07, 6.45) is 1.54. The lowest BCUT2D eigenvalue weighted by Crippen LogP contribution is -2.43. The number of nitrogens with zero attached hydrogens (tertiary/aromatic N) is 2. The molecule has 0 spiro atoms. The Hall–Kier alpha value is -3.61. The monoisotopic (exact) mass is 464 g/mol. The molecule has 0 unspecified atom stereocenters. The van der Waals surface area contributed by atoms with Gasteiger partial charge >= 0.3 is 5.97 Å². The third kappa shape index (κ3) is 4.83. The van der Waals surface area contributed by atoms with Gasteiger partial charge < -0.3 is 18.6 Å². The molecule has 1 amide bonds. The molecular formula is C27H32N2O5. The van der Waals surface area contributed by atoms with Crippen molar-refractivity contribution in [1.82, 2.24) is 9.47 Å². The van der Waals surface area contributed by atoms with Crippen LogP contribution >= 0.6 is 0 Å². The highest BCUT2D eigenvalue weighted by Crippen LogP contribution is 2.27. The van der Waals surface area contributed by atoms with E-state index in [9.17, 15) is 14.4 Å². The summed E-state index contributed by atoms with van der Waals surface area (Å²) >= 11 is 0. The quantitative estimate of drug-likeness (QED) is 0.324. The molecular weight excluding hydrogens is 432 g/mol. The van der Waals surface area contributed by atoms with Crippen molar-refractivity contribution in [3.8, 4) is 0 Å². The van der Waals surface area contributed by atoms with E-state index >= 15 is 0 Å². The van der Waals surface area contributed by atoms with E-state index < -0.39 is 12.0 Å². The van der Waals surface area contributed by atoms with Crippen LogP contribution in [0, 0.1) is 20.8 Å². The summed E-state index contributed by atoms with van der Waals surface area (Å²) in [6, 6.07) is 9.98. The van der Waals surface area contributed by atoms with Crippen LogP contribution in [0.1, 0.15) is 74.6 Å². The van der Waals surface area contributed by atoms with E-state index in [1.54, 1.807) is 49.6 Å². The number of carbonyl (C=O) groups excluding carboxylic acids is 3. The molecule has 180 valence electrons. The zero-order valence-corrected chi connectivity index (χ0v) is 20.7. The maximum atomic E-state index is 13.8. The Morgan fingerprint density at radius 2 is 1.74 bits per heavy atom. The van der Waals surface area contributed by atoms with Gasteiger partial charge in [0.2, 0.25) is 0 Å². The number of carbonyl (C=O) groups is 3. The number of esters is 1. The highest BCUT2D eigenvalue weighted by atomic mass is 16.5. The van der Waals surface area contributed by atoms with Crippen molar-refractivity contribution in [1.29, 1.82) is 0 Å². The first kappa shape index (κ1) is 25.0. The minimum atomic E-state index is -0.793. The van der Waals surface area contributed by atoms with E-state index in [1.165, 1.54) is 11.2 Å². The molecule has 2 aromatic heterocycles. The molecule has 0 radical (unpaired) electrons. The smallest absolute Gasteiger partial charge is 0.355 e. The Labute approximate surface area is 200 Å². The van der Waals surface area contributed by atoms with Crippen LogP contribution in [-0.2, 0) is 17.8 Å². The van der Waals surface area contributed by atoms with Crippen molar-refractivity contribution < 1.29 is 23.5 Å². The van der Waals surface area contributed by atoms with E-state index in [0.717, 1.165) is 5.56 Å². The summed E-state index contributed by atoms with van der Waals surface area (Å²) < 4.78 is 12.5. The zero-order valence-electron chi connectivity index (χ0n) is 20.7. The summed E-state index contributed by atoms with van der Waals surface area (Å²) in [5.41, 5.74) is 3.59. The van der Waals surface area contributed by atoms with Crippen LogP contribution in [-0.4, -0.2) is 39.8 Å².